The largest absolute Gasteiger partial charge is 0.467 e. The number of benzene rings is 2. The lowest BCUT2D eigenvalue weighted by Crippen LogP contribution is -2.39. The predicted octanol–water partition coefficient (Wildman–Crippen LogP) is 2.18. The van der Waals surface area contributed by atoms with Crippen molar-refractivity contribution in [2.75, 3.05) is 7.11 Å². The van der Waals surface area contributed by atoms with Gasteiger partial charge in [-0.25, -0.2) is 4.79 Å². The molecule has 0 spiro atoms. The summed E-state index contributed by atoms with van der Waals surface area (Å²) in [6, 6.07) is 17.3. The van der Waals surface area contributed by atoms with Gasteiger partial charge >= 0.3 is 11.9 Å². The summed E-state index contributed by atoms with van der Waals surface area (Å²) >= 11 is 0. The maximum absolute atomic E-state index is 12.0. The van der Waals surface area contributed by atoms with Crippen molar-refractivity contribution in [2.45, 2.75) is 18.6 Å². The zero-order valence-electron chi connectivity index (χ0n) is 12.8. The average molecular weight is 314 g/mol. The Morgan fingerprint density at radius 1 is 1.00 bits per heavy atom. The molecule has 5 heteroatoms. The van der Waals surface area contributed by atoms with Crippen LogP contribution >= 0.6 is 0 Å². The van der Waals surface area contributed by atoms with Gasteiger partial charge in [-0.3, -0.25) is 4.79 Å². The maximum atomic E-state index is 12.0. The summed E-state index contributed by atoms with van der Waals surface area (Å²) in [5.74, 6) is -1.59. The molecular formula is C18H18O5. The lowest BCUT2D eigenvalue weighted by molar-refractivity contribution is -0.171. The highest BCUT2D eigenvalue weighted by Gasteiger charge is 2.42. The highest BCUT2D eigenvalue weighted by Crippen LogP contribution is 2.27. The van der Waals surface area contributed by atoms with Gasteiger partial charge in [0.2, 0.25) is 0 Å². The van der Waals surface area contributed by atoms with Crippen molar-refractivity contribution < 1.29 is 24.2 Å². The summed E-state index contributed by atoms with van der Waals surface area (Å²) in [6.45, 7) is 0.0751. The molecule has 1 atom stereocenters. The minimum Gasteiger partial charge on any atom is -0.467 e. The lowest BCUT2D eigenvalue weighted by atomic mass is 9.90. The molecule has 120 valence electrons. The van der Waals surface area contributed by atoms with Gasteiger partial charge in [-0.15, -0.1) is 0 Å². The molecule has 0 bridgehead atoms. The predicted molar refractivity (Wildman–Crippen MR) is 83.2 cm³/mol. The molecule has 1 N–H and O–H groups in total. The van der Waals surface area contributed by atoms with Crippen molar-refractivity contribution in [2.24, 2.45) is 0 Å². The second-order valence-electron chi connectivity index (χ2n) is 5.04. The Morgan fingerprint density at radius 2 is 1.57 bits per heavy atom. The van der Waals surface area contributed by atoms with Gasteiger partial charge in [0, 0.05) is 0 Å². The van der Waals surface area contributed by atoms with Crippen LogP contribution in [0.15, 0.2) is 60.7 Å². The fourth-order valence-corrected chi connectivity index (χ4v) is 2.17. The fourth-order valence-electron chi connectivity index (χ4n) is 2.17. The van der Waals surface area contributed by atoms with E-state index in [0.717, 1.165) is 12.7 Å². The van der Waals surface area contributed by atoms with Crippen molar-refractivity contribution in [3.8, 4) is 0 Å². The van der Waals surface area contributed by atoms with Crippen molar-refractivity contribution in [1.82, 2.24) is 0 Å². The van der Waals surface area contributed by atoms with Crippen LogP contribution in [0, 0.1) is 0 Å². The van der Waals surface area contributed by atoms with Crippen molar-refractivity contribution in [3.63, 3.8) is 0 Å². The maximum Gasteiger partial charge on any atom is 0.343 e. The Bertz CT molecular complexity index is 654. The summed E-state index contributed by atoms with van der Waals surface area (Å²) in [5.41, 5.74) is -0.963. The van der Waals surface area contributed by atoms with Crippen LogP contribution in [0.4, 0.5) is 0 Å². The van der Waals surface area contributed by atoms with Crippen molar-refractivity contribution in [3.05, 3.63) is 71.8 Å². The molecule has 23 heavy (non-hydrogen) atoms. The standard InChI is InChI=1S/C18H18O5/c1-22-17(20)18(21,15-10-6-3-7-11-15)12-16(19)23-13-14-8-4-2-5-9-14/h2-11,21H,12-13H2,1H3/t18-/m1/s1. The minimum absolute atomic E-state index is 0.0751. The number of aliphatic hydroxyl groups is 1. The van der Waals surface area contributed by atoms with Crippen LogP contribution in [0.1, 0.15) is 17.5 Å². The molecule has 0 unspecified atom stereocenters. The van der Waals surface area contributed by atoms with Crippen LogP contribution in [0.25, 0.3) is 0 Å². The van der Waals surface area contributed by atoms with Gasteiger partial charge in [-0.2, -0.15) is 0 Å². The molecule has 0 aromatic heterocycles. The summed E-state index contributed by atoms with van der Waals surface area (Å²) in [4.78, 5) is 24.0. The number of ether oxygens (including phenoxy) is 2. The zero-order valence-corrected chi connectivity index (χ0v) is 12.8. The van der Waals surface area contributed by atoms with Gasteiger partial charge < -0.3 is 14.6 Å². The van der Waals surface area contributed by atoms with E-state index in [4.69, 9.17) is 4.74 Å². The first-order valence-electron chi connectivity index (χ1n) is 7.12. The number of methoxy groups -OCH3 is 1. The Kier molecular flexibility index (Phi) is 5.49. The number of hydrogen-bond donors (Lipinski definition) is 1. The summed E-state index contributed by atoms with van der Waals surface area (Å²) in [5, 5.41) is 10.6. The van der Waals surface area contributed by atoms with Gasteiger partial charge in [0.1, 0.15) is 6.61 Å². The third-order valence-electron chi connectivity index (χ3n) is 3.42. The van der Waals surface area contributed by atoms with E-state index >= 15 is 0 Å². The minimum atomic E-state index is -2.07. The molecule has 2 rings (SSSR count). The van der Waals surface area contributed by atoms with E-state index in [0.29, 0.717) is 0 Å². The number of carbonyl (C=O) groups is 2. The Balaban J connectivity index is 2.09. The van der Waals surface area contributed by atoms with Crippen LogP contribution in [-0.2, 0) is 31.3 Å². The van der Waals surface area contributed by atoms with E-state index in [1.54, 1.807) is 30.3 Å². The molecule has 0 saturated heterocycles. The molecule has 0 radical (unpaired) electrons. The number of rotatable bonds is 6. The van der Waals surface area contributed by atoms with E-state index in [2.05, 4.69) is 4.74 Å². The monoisotopic (exact) mass is 314 g/mol. The normalized spacial score (nSPS) is 13.0. The molecule has 5 nitrogen and oxygen atoms in total. The van der Waals surface area contributed by atoms with E-state index in [1.165, 1.54) is 0 Å². The summed E-state index contributed by atoms with van der Waals surface area (Å²) < 4.78 is 9.77. The van der Waals surface area contributed by atoms with Gasteiger partial charge in [-0.05, 0) is 11.1 Å². The fraction of sp³-hybridized carbons (Fsp3) is 0.222. The molecule has 2 aromatic carbocycles. The molecule has 0 aliphatic heterocycles. The van der Waals surface area contributed by atoms with E-state index < -0.39 is 24.0 Å². The molecule has 0 aliphatic rings. The van der Waals surface area contributed by atoms with Gasteiger partial charge in [0.05, 0.1) is 13.5 Å². The first-order valence-corrected chi connectivity index (χ1v) is 7.12. The highest BCUT2D eigenvalue weighted by atomic mass is 16.5. The Hall–Kier alpha value is -2.66. The molecular weight excluding hydrogens is 296 g/mol. The molecule has 0 fully saturated rings. The van der Waals surface area contributed by atoms with E-state index in [9.17, 15) is 14.7 Å². The molecule has 0 amide bonds. The molecule has 0 saturated carbocycles. The van der Waals surface area contributed by atoms with Crippen LogP contribution in [0.3, 0.4) is 0 Å². The van der Waals surface area contributed by atoms with Crippen LogP contribution < -0.4 is 0 Å². The van der Waals surface area contributed by atoms with Crippen LogP contribution in [0.2, 0.25) is 0 Å². The SMILES string of the molecule is COC(=O)[C@@](O)(CC(=O)OCc1ccccc1)c1ccccc1. The Morgan fingerprint density at radius 3 is 2.13 bits per heavy atom. The van der Waals surface area contributed by atoms with Gasteiger partial charge in [0.15, 0.2) is 5.60 Å². The van der Waals surface area contributed by atoms with Gasteiger partial charge in [0.25, 0.3) is 0 Å². The quantitative estimate of drug-likeness (QED) is 0.827. The summed E-state index contributed by atoms with van der Waals surface area (Å²) in [7, 11) is 1.16. The first-order chi connectivity index (χ1) is 11.1. The Labute approximate surface area is 134 Å². The van der Waals surface area contributed by atoms with E-state index in [1.807, 2.05) is 30.3 Å². The summed E-state index contributed by atoms with van der Waals surface area (Å²) in [6.07, 6.45) is -0.517. The third-order valence-corrected chi connectivity index (χ3v) is 3.42. The highest BCUT2D eigenvalue weighted by molar-refractivity contribution is 5.86. The number of esters is 2. The van der Waals surface area contributed by atoms with Gasteiger partial charge in [-0.1, -0.05) is 60.7 Å². The molecule has 0 aliphatic carbocycles. The van der Waals surface area contributed by atoms with Crippen molar-refractivity contribution >= 4 is 11.9 Å². The smallest absolute Gasteiger partial charge is 0.343 e. The second kappa shape index (κ2) is 7.56. The lowest BCUT2D eigenvalue weighted by Gasteiger charge is -2.24. The number of carbonyl (C=O) groups excluding carboxylic acids is 2. The molecule has 0 heterocycles. The van der Waals surface area contributed by atoms with Crippen LogP contribution in [0.5, 0.6) is 0 Å². The second-order valence-corrected chi connectivity index (χ2v) is 5.04. The first kappa shape index (κ1) is 16.7. The topological polar surface area (TPSA) is 72.8 Å². The third kappa shape index (κ3) is 4.17. The van der Waals surface area contributed by atoms with E-state index in [-0.39, 0.29) is 12.2 Å². The molecule has 2 aromatic rings. The van der Waals surface area contributed by atoms with Crippen molar-refractivity contribution in [1.29, 1.82) is 0 Å². The zero-order chi connectivity index (χ0) is 16.7. The van der Waals surface area contributed by atoms with Crippen LogP contribution in [-0.4, -0.2) is 24.2 Å². The average Bonchev–Trinajstić information content (AvgIpc) is 2.60. The number of hydrogen-bond acceptors (Lipinski definition) is 5.